The fourth-order valence-electron chi connectivity index (χ4n) is 4.17. The first kappa shape index (κ1) is 18.5. The van der Waals surface area contributed by atoms with Gasteiger partial charge in [0.2, 0.25) is 5.91 Å². The number of carbonyl (C=O) groups excluding carboxylic acids is 2. The van der Waals surface area contributed by atoms with E-state index in [9.17, 15) is 9.59 Å². The molecule has 0 aliphatic carbocycles. The predicted octanol–water partition coefficient (Wildman–Crippen LogP) is 2.89. The second-order valence-electron chi connectivity index (χ2n) is 7.58. The maximum absolute atomic E-state index is 12.9. The summed E-state index contributed by atoms with van der Waals surface area (Å²) < 4.78 is 0. The maximum Gasteiger partial charge on any atom is 0.253 e. The first-order valence-corrected chi connectivity index (χ1v) is 10.2. The van der Waals surface area contributed by atoms with Crippen molar-refractivity contribution in [1.82, 2.24) is 9.80 Å². The molecular weight excluding hydrogens is 350 g/mol. The number of hydrogen-bond acceptors (Lipinski definition) is 3. The molecule has 2 fully saturated rings. The highest BCUT2D eigenvalue weighted by atomic mass is 16.2. The molecule has 0 N–H and O–H groups in total. The molecule has 0 unspecified atom stereocenters. The Hall–Kier alpha value is -2.82. The molecule has 2 heterocycles. The largest absolute Gasteiger partial charge is 0.368 e. The van der Waals surface area contributed by atoms with Crippen LogP contribution in [0, 0.1) is 5.92 Å². The molecule has 0 aromatic heterocycles. The predicted molar refractivity (Wildman–Crippen MR) is 110 cm³/mol. The first-order chi connectivity index (χ1) is 13.7. The minimum Gasteiger partial charge on any atom is -0.368 e. The summed E-state index contributed by atoms with van der Waals surface area (Å²) in [5.41, 5.74) is 1.95. The van der Waals surface area contributed by atoms with Crippen LogP contribution in [-0.4, -0.2) is 60.9 Å². The highest BCUT2D eigenvalue weighted by Gasteiger charge is 2.31. The van der Waals surface area contributed by atoms with E-state index in [1.807, 2.05) is 46.2 Å². The molecule has 5 heteroatoms. The molecule has 0 spiro atoms. The average molecular weight is 377 g/mol. The zero-order valence-corrected chi connectivity index (χ0v) is 16.2. The fraction of sp³-hybridized carbons (Fsp3) is 0.391. The summed E-state index contributed by atoms with van der Waals surface area (Å²) in [6, 6.07) is 19.8. The van der Waals surface area contributed by atoms with Crippen LogP contribution in [0.3, 0.4) is 0 Å². The van der Waals surface area contributed by atoms with Gasteiger partial charge in [0, 0.05) is 56.4 Å². The molecule has 0 radical (unpaired) electrons. The molecule has 4 rings (SSSR count). The van der Waals surface area contributed by atoms with Gasteiger partial charge in [0.25, 0.3) is 5.91 Å². The Balaban J connectivity index is 1.27. The average Bonchev–Trinajstić information content (AvgIpc) is 2.79. The van der Waals surface area contributed by atoms with Crippen LogP contribution in [0.5, 0.6) is 0 Å². The molecule has 0 bridgehead atoms. The standard InChI is InChI=1S/C23H27N3O2/c27-22(19-7-3-1-4-8-19)25-13-11-20(12-14-25)23(28)26-17-15-24(16-18-26)21-9-5-2-6-10-21/h1-10,20H,11-18H2. The van der Waals surface area contributed by atoms with E-state index < -0.39 is 0 Å². The van der Waals surface area contributed by atoms with Crippen LogP contribution in [0.1, 0.15) is 23.2 Å². The van der Waals surface area contributed by atoms with Gasteiger partial charge >= 0.3 is 0 Å². The van der Waals surface area contributed by atoms with Crippen LogP contribution >= 0.6 is 0 Å². The van der Waals surface area contributed by atoms with Crippen molar-refractivity contribution in [2.24, 2.45) is 5.92 Å². The lowest BCUT2D eigenvalue weighted by molar-refractivity contribution is -0.137. The summed E-state index contributed by atoms with van der Waals surface area (Å²) in [7, 11) is 0. The molecule has 2 amide bonds. The van der Waals surface area contributed by atoms with Gasteiger partial charge in [0.15, 0.2) is 0 Å². The van der Waals surface area contributed by atoms with Crippen LogP contribution < -0.4 is 4.90 Å². The molecule has 146 valence electrons. The minimum absolute atomic E-state index is 0.0445. The first-order valence-electron chi connectivity index (χ1n) is 10.2. The third kappa shape index (κ3) is 4.03. The van der Waals surface area contributed by atoms with E-state index in [1.165, 1.54) is 5.69 Å². The molecule has 2 aliphatic heterocycles. The number of amides is 2. The van der Waals surface area contributed by atoms with E-state index >= 15 is 0 Å². The SMILES string of the molecule is O=C(c1ccccc1)N1CCC(C(=O)N2CCN(c3ccccc3)CC2)CC1. The quantitative estimate of drug-likeness (QED) is 0.826. The third-order valence-electron chi connectivity index (χ3n) is 5.86. The summed E-state index contributed by atoms with van der Waals surface area (Å²) in [6.07, 6.45) is 1.52. The Bertz CT molecular complexity index is 793. The van der Waals surface area contributed by atoms with Crippen molar-refractivity contribution >= 4 is 17.5 Å². The van der Waals surface area contributed by atoms with E-state index in [1.54, 1.807) is 0 Å². The zero-order chi connectivity index (χ0) is 19.3. The van der Waals surface area contributed by atoms with Crippen LogP contribution in [0.2, 0.25) is 0 Å². The Morgan fingerprint density at radius 3 is 1.86 bits per heavy atom. The van der Waals surface area contributed by atoms with Crippen molar-refractivity contribution in [3.05, 3.63) is 66.2 Å². The van der Waals surface area contributed by atoms with Crippen molar-refractivity contribution < 1.29 is 9.59 Å². The lowest BCUT2D eigenvalue weighted by atomic mass is 9.94. The van der Waals surface area contributed by atoms with Crippen molar-refractivity contribution in [1.29, 1.82) is 0 Å². The van der Waals surface area contributed by atoms with Crippen molar-refractivity contribution in [2.45, 2.75) is 12.8 Å². The number of piperazine rings is 1. The van der Waals surface area contributed by atoms with Crippen LogP contribution in [0.4, 0.5) is 5.69 Å². The summed E-state index contributed by atoms with van der Waals surface area (Å²) in [6.45, 7) is 4.62. The number of benzene rings is 2. The van der Waals surface area contributed by atoms with Crippen molar-refractivity contribution in [3.8, 4) is 0 Å². The summed E-state index contributed by atoms with van der Waals surface area (Å²) >= 11 is 0. The van der Waals surface area contributed by atoms with Gasteiger partial charge in [-0.1, -0.05) is 36.4 Å². The van der Waals surface area contributed by atoms with E-state index in [0.29, 0.717) is 13.1 Å². The van der Waals surface area contributed by atoms with Gasteiger partial charge in [0.1, 0.15) is 0 Å². The van der Waals surface area contributed by atoms with E-state index in [0.717, 1.165) is 44.6 Å². The molecular formula is C23H27N3O2. The number of hydrogen-bond donors (Lipinski definition) is 0. The topological polar surface area (TPSA) is 43.9 Å². The third-order valence-corrected chi connectivity index (χ3v) is 5.86. The van der Waals surface area contributed by atoms with E-state index in [-0.39, 0.29) is 17.7 Å². The van der Waals surface area contributed by atoms with Crippen LogP contribution in [0.25, 0.3) is 0 Å². The monoisotopic (exact) mass is 377 g/mol. The summed E-state index contributed by atoms with van der Waals surface area (Å²) in [4.78, 5) is 31.8. The van der Waals surface area contributed by atoms with Crippen molar-refractivity contribution in [2.75, 3.05) is 44.2 Å². The lowest BCUT2D eigenvalue weighted by Gasteiger charge is -2.39. The maximum atomic E-state index is 12.9. The van der Waals surface area contributed by atoms with Gasteiger partial charge in [0.05, 0.1) is 0 Å². The molecule has 2 saturated heterocycles. The van der Waals surface area contributed by atoms with Crippen LogP contribution in [0.15, 0.2) is 60.7 Å². The Labute approximate surface area is 166 Å². The van der Waals surface area contributed by atoms with Gasteiger partial charge in [-0.25, -0.2) is 0 Å². The Morgan fingerprint density at radius 1 is 0.679 bits per heavy atom. The normalized spacial score (nSPS) is 18.2. The molecule has 28 heavy (non-hydrogen) atoms. The number of carbonyl (C=O) groups is 2. The highest BCUT2D eigenvalue weighted by Crippen LogP contribution is 2.23. The lowest BCUT2D eigenvalue weighted by Crippen LogP contribution is -2.52. The molecule has 0 atom stereocenters. The van der Waals surface area contributed by atoms with Gasteiger partial charge in [-0.05, 0) is 37.1 Å². The number of nitrogens with zero attached hydrogens (tertiary/aromatic N) is 3. The number of likely N-dealkylation sites (tertiary alicyclic amines) is 1. The number of piperidine rings is 1. The molecule has 2 aromatic rings. The van der Waals surface area contributed by atoms with Gasteiger partial charge in [-0.2, -0.15) is 0 Å². The molecule has 0 saturated carbocycles. The van der Waals surface area contributed by atoms with Gasteiger partial charge in [-0.15, -0.1) is 0 Å². The number of rotatable bonds is 3. The second-order valence-corrected chi connectivity index (χ2v) is 7.58. The molecule has 2 aliphatic rings. The van der Waals surface area contributed by atoms with Gasteiger partial charge in [-0.3, -0.25) is 9.59 Å². The minimum atomic E-state index is 0.0445. The summed E-state index contributed by atoms with van der Waals surface area (Å²) in [5, 5.41) is 0. The van der Waals surface area contributed by atoms with E-state index in [4.69, 9.17) is 0 Å². The Kier molecular flexibility index (Phi) is 5.60. The number of anilines is 1. The highest BCUT2D eigenvalue weighted by molar-refractivity contribution is 5.94. The molecule has 5 nitrogen and oxygen atoms in total. The molecule has 2 aromatic carbocycles. The van der Waals surface area contributed by atoms with Gasteiger partial charge < -0.3 is 14.7 Å². The zero-order valence-electron chi connectivity index (χ0n) is 16.2. The van der Waals surface area contributed by atoms with E-state index in [2.05, 4.69) is 29.2 Å². The fourth-order valence-corrected chi connectivity index (χ4v) is 4.17. The van der Waals surface area contributed by atoms with Crippen LogP contribution in [-0.2, 0) is 4.79 Å². The smallest absolute Gasteiger partial charge is 0.253 e. The Morgan fingerprint density at radius 2 is 1.25 bits per heavy atom. The number of para-hydroxylation sites is 1. The summed E-state index contributed by atoms with van der Waals surface area (Å²) in [5.74, 6) is 0.380. The van der Waals surface area contributed by atoms with Crippen molar-refractivity contribution in [3.63, 3.8) is 0 Å². The second kappa shape index (κ2) is 8.46.